The van der Waals surface area contributed by atoms with Crippen LogP contribution >= 0.6 is 0 Å². The van der Waals surface area contributed by atoms with Gasteiger partial charge in [-0.1, -0.05) is 19.8 Å². The fourth-order valence-electron chi connectivity index (χ4n) is 3.10. The number of rotatable bonds is 5. The summed E-state index contributed by atoms with van der Waals surface area (Å²) in [6.07, 6.45) is 6.18. The molecule has 3 heteroatoms. The van der Waals surface area contributed by atoms with E-state index in [1.165, 1.54) is 6.42 Å². The highest BCUT2D eigenvalue weighted by atomic mass is 16.7. The Labute approximate surface area is 97.5 Å². The summed E-state index contributed by atoms with van der Waals surface area (Å²) in [5.41, 5.74) is 0. The third-order valence-electron chi connectivity index (χ3n) is 3.95. The molecule has 0 amide bonds. The number of unbranched alkanes of at least 4 members (excludes halogenated alkanes) is 1. The van der Waals surface area contributed by atoms with Gasteiger partial charge in [0.2, 0.25) is 0 Å². The maximum Gasteiger partial charge on any atom is 0.167 e. The normalized spacial score (nSPS) is 37.6. The fraction of sp³-hybridized carbons (Fsp3) is 0.923. The molecule has 1 aliphatic heterocycles. The number of carbonyl (C=O) groups excluding carboxylic acids is 1. The molecule has 1 aliphatic carbocycles. The number of methoxy groups -OCH3 is 1. The number of Topliss-reactive ketones (excluding diaryl/α,β-unsaturated/α-hetero) is 1. The number of fused-ring (bicyclic) bond motifs is 1. The van der Waals surface area contributed by atoms with Crippen LogP contribution < -0.4 is 0 Å². The molecule has 0 aromatic rings. The first-order valence-electron chi connectivity index (χ1n) is 6.49. The molecule has 2 aliphatic rings. The molecule has 16 heavy (non-hydrogen) atoms. The second kappa shape index (κ2) is 5.28. The summed E-state index contributed by atoms with van der Waals surface area (Å²) in [5.74, 6) is 0.779. The van der Waals surface area contributed by atoms with E-state index >= 15 is 0 Å². The summed E-state index contributed by atoms with van der Waals surface area (Å²) >= 11 is 0. The second-order valence-electron chi connectivity index (χ2n) is 4.97. The van der Waals surface area contributed by atoms with E-state index < -0.39 is 0 Å². The van der Waals surface area contributed by atoms with E-state index in [0.29, 0.717) is 18.1 Å². The van der Waals surface area contributed by atoms with Gasteiger partial charge in [-0.3, -0.25) is 4.79 Å². The monoisotopic (exact) mass is 226 g/mol. The SMILES string of the molecule is CCCCC(=O)[C@@H]1[C@H](OC)O[C@@H]2CCC[C@H]12. The summed E-state index contributed by atoms with van der Waals surface area (Å²) in [6.45, 7) is 2.12. The molecule has 3 nitrogen and oxygen atoms in total. The van der Waals surface area contributed by atoms with Crippen LogP contribution in [0.5, 0.6) is 0 Å². The van der Waals surface area contributed by atoms with Crippen LogP contribution in [-0.4, -0.2) is 25.3 Å². The van der Waals surface area contributed by atoms with Gasteiger partial charge < -0.3 is 9.47 Å². The average Bonchev–Trinajstić information content (AvgIpc) is 2.84. The van der Waals surface area contributed by atoms with Crippen molar-refractivity contribution in [1.82, 2.24) is 0 Å². The molecule has 1 saturated heterocycles. The molecule has 0 N–H and O–H groups in total. The van der Waals surface area contributed by atoms with Crippen molar-refractivity contribution >= 4 is 5.78 Å². The molecule has 4 atom stereocenters. The van der Waals surface area contributed by atoms with Crippen molar-refractivity contribution in [3.05, 3.63) is 0 Å². The van der Waals surface area contributed by atoms with E-state index in [-0.39, 0.29) is 18.3 Å². The largest absolute Gasteiger partial charge is 0.355 e. The lowest BCUT2D eigenvalue weighted by Crippen LogP contribution is -2.30. The minimum atomic E-state index is -0.278. The summed E-state index contributed by atoms with van der Waals surface area (Å²) in [7, 11) is 1.64. The smallest absolute Gasteiger partial charge is 0.167 e. The first-order chi connectivity index (χ1) is 7.77. The minimum absolute atomic E-state index is 0.00375. The first kappa shape index (κ1) is 12.1. The first-order valence-corrected chi connectivity index (χ1v) is 6.49. The molecule has 0 aromatic heterocycles. The van der Waals surface area contributed by atoms with Gasteiger partial charge in [0.1, 0.15) is 5.78 Å². The highest BCUT2D eigenvalue weighted by Gasteiger charge is 2.49. The molecular formula is C13H22O3. The van der Waals surface area contributed by atoms with Crippen LogP contribution in [0.25, 0.3) is 0 Å². The van der Waals surface area contributed by atoms with Crippen LogP contribution in [0.15, 0.2) is 0 Å². The Balaban J connectivity index is 2.01. The van der Waals surface area contributed by atoms with Gasteiger partial charge in [-0.2, -0.15) is 0 Å². The number of hydrogen-bond acceptors (Lipinski definition) is 3. The van der Waals surface area contributed by atoms with Gasteiger partial charge in [-0.05, 0) is 25.2 Å². The third kappa shape index (κ3) is 2.16. The molecular weight excluding hydrogens is 204 g/mol. The van der Waals surface area contributed by atoms with E-state index in [1.54, 1.807) is 7.11 Å². The number of hydrogen-bond donors (Lipinski definition) is 0. The molecule has 0 radical (unpaired) electrons. The zero-order chi connectivity index (χ0) is 11.5. The zero-order valence-electron chi connectivity index (χ0n) is 10.3. The molecule has 2 fully saturated rings. The molecule has 0 spiro atoms. The van der Waals surface area contributed by atoms with E-state index in [2.05, 4.69) is 6.92 Å². The van der Waals surface area contributed by atoms with Crippen LogP contribution in [0.3, 0.4) is 0 Å². The Morgan fingerprint density at radius 3 is 2.94 bits per heavy atom. The van der Waals surface area contributed by atoms with E-state index in [1.807, 2.05) is 0 Å². The van der Waals surface area contributed by atoms with Gasteiger partial charge in [0, 0.05) is 13.5 Å². The van der Waals surface area contributed by atoms with Crippen LogP contribution in [0, 0.1) is 11.8 Å². The summed E-state index contributed by atoms with van der Waals surface area (Å²) in [4.78, 5) is 12.2. The summed E-state index contributed by atoms with van der Waals surface area (Å²) < 4.78 is 11.1. The summed E-state index contributed by atoms with van der Waals surface area (Å²) in [5, 5.41) is 0. The summed E-state index contributed by atoms with van der Waals surface area (Å²) in [6, 6.07) is 0. The number of ether oxygens (including phenoxy) is 2. The quantitative estimate of drug-likeness (QED) is 0.722. The van der Waals surface area contributed by atoms with Gasteiger partial charge >= 0.3 is 0 Å². The standard InChI is InChI=1S/C13H22O3/c1-3-4-7-10(14)12-9-6-5-8-11(9)16-13(12)15-2/h9,11-13H,3-8H2,1-2H3/t9-,11+,12+,13+/m0/s1. The lowest BCUT2D eigenvalue weighted by atomic mass is 9.86. The topological polar surface area (TPSA) is 35.5 Å². The molecule has 1 saturated carbocycles. The van der Waals surface area contributed by atoms with Crippen molar-refractivity contribution in [2.75, 3.05) is 7.11 Å². The second-order valence-corrected chi connectivity index (χ2v) is 4.97. The van der Waals surface area contributed by atoms with E-state index in [9.17, 15) is 4.79 Å². The van der Waals surface area contributed by atoms with Crippen LogP contribution in [0.2, 0.25) is 0 Å². The molecule has 0 aromatic carbocycles. The maximum absolute atomic E-state index is 12.2. The Bertz CT molecular complexity index is 252. The zero-order valence-corrected chi connectivity index (χ0v) is 10.3. The highest BCUT2D eigenvalue weighted by Crippen LogP contribution is 2.44. The van der Waals surface area contributed by atoms with Gasteiger partial charge in [0.25, 0.3) is 0 Å². The lowest BCUT2D eigenvalue weighted by molar-refractivity contribution is -0.149. The van der Waals surface area contributed by atoms with Gasteiger partial charge in [0.05, 0.1) is 12.0 Å². The Hall–Kier alpha value is -0.410. The molecule has 2 rings (SSSR count). The predicted octanol–water partition coefficient (Wildman–Crippen LogP) is 2.53. The van der Waals surface area contributed by atoms with E-state index in [4.69, 9.17) is 9.47 Å². The molecule has 0 bridgehead atoms. The van der Waals surface area contributed by atoms with E-state index in [0.717, 1.165) is 25.7 Å². The van der Waals surface area contributed by atoms with Crippen molar-refractivity contribution in [3.8, 4) is 0 Å². The number of ketones is 1. The van der Waals surface area contributed by atoms with Crippen molar-refractivity contribution in [3.63, 3.8) is 0 Å². The average molecular weight is 226 g/mol. The predicted molar refractivity (Wildman–Crippen MR) is 61.0 cm³/mol. The van der Waals surface area contributed by atoms with Gasteiger partial charge in [0.15, 0.2) is 6.29 Å². The molecule has 0 unspecified atom stereocenters. The number of carbonyl (C=O) groups is 1. The fourth-order valence-corrected chi connectivity index (χ4v) is 3.10. The van der Waals surface area contributed by atoms with Crippen LogP contribution in [0.1, 0.15) is 45.4 Å². The highest BCUT2D eigenvalue weighted by molar-refractivity contribution is 5.82. The van der Waals surface area contributed by atoms with Gasteiger partial charge in [-0.25, -0.2) is 0 Å². The minimum Gasteiger partial charge on any atom is -0.355 e. The van der Waals surface area contributed by atoms with Crippen LogP contribution in [0.4, 0.5) is 0 Å². The van der Waals surface area contributed by atoms with Gasteiger partial charge in [-0.15, -0.1) is 0 Å². The van der Waals surface area contributed by atoms with Crippen molar-refractivity contribution in [1.29, 1.82) is 0 Å². The lowest BCUT2D eigenvalue weighted by Gasteiger charge is -2.19. The van der Waals surface area contributed by atoms with Crippen LogP contribution in [-0.2, 0) is 14.3 Å². The Morgan fingerprint density at radius 1 is 1.44 bits per heavy atom. The molecule has 1 heterocycles. The van der Waals surface area contributed by atoms with Crippen molar-refractivity contribution in [2.24, 2.45) is 11.8 Å². The Morgan fingerprint density at radius 2 is 2.25 bits per heavy atom. The Kier molecular flexibility index (Phi) is 3.98. The third-order valence-corrected chi connectivity index (χ3v) is 3.95. The molecule has 92 valence electrons. The van der Waals surface area contributed by atoms with Crippen molar-refractivity contribution in [2.45, 2.75) is 57.8 Å². The van der Waals surface area contributed by atoms with Crippen molar-refractivity contribution < 1.29 is 14.3 Å². The maximum atomic E-state index is 12.2.